The van der Waals surface area contributed by atoms with E-state index in [-0.39, 0.29) is 0 Å². The monoisotopic (exact) mass is 208 g/mol. The van der Waals surface area contributed by atoms with Gasteiger partial charge in [-0.15, -0.1) is 0 Å². The summed E-state index contributed by atoms with van der Waals surface area (Å²) in [7, 11) is 3.00. The molecule has 1 aromatic rings. The molecule has 0 radical (unpaired) electrons. The lowest BCUT2D eigenvalue weighted by Gasteiger charge is -1.95. The van der Waals surface area contributed by atoms with Crippen LogP contribution in [0, 0.1) is 0 Å². The molecule has 4 heteroatoms. The molecule has 0 spiro atoms. The second-order valence-electron chi connectivity index (χ2n) is 1.62. The molecule has 0 unspecified atom stereocenters. The van der Waals surface area contributed by atoms with Crippen molar-refractivity contribution >= 4 is 43.9 Å². The third-order valence-corrected chi connectivity index (χ3v) is 3.16. The van der Waals surface area contributed by atoms with E-state index in [1.54, 1.807) is 10.8 Å². The molecule has 0 atom stereocenters. The van der Waals surface area contributed by atoms with Gasteiger partial charge >= 0.3 is 0 Å². The molecular formula is C6H5ClS3. The summed E-state index contributed by atoms with van der Waals surface area (Å²) in [6, 6.07) is 7.69. The molecule has 0 aliphatic carbocycles. The molecule has 0 amide bonds. The second-order valence-corrected chi connectivity index (χ2v) is 5.13. The molecule has 0 bridgehead atoms. The largest absolute Gasteiger partial charge is 0.0994 e. The van der Waals surface area contributed by atoms with E-state index in [9.17, 15) is 0 Å². The minimum Gasteiger partial charge on any atom is -0.0994 e. The van der Waals surface area contributed by atoms with Gasteiger partial charge in [-0.05, 0) is 38.8 Å². The fraction of sp³-hybridized carbons (Fsp3) is 0. The molecule has 0 fully saturated rings. The van der Waals surface area contributed by atoms with Crippen molar-refractivity contribution in [3.63, 3.8) is 0 Å². The van der Waals surface area contributed by atoms with Crippen LogP contribution in [0.15, 0.2) is 29.2 Å². The van der Waals surface area contributed by atoms with Crippen LogP contribution in [0.25, 0.3) is 0 Å². The second kappa shape index (κ2) is 4.44. The third kappa shape index (κ3) is 2.66. The summed E-state index contributed by atoms with van der Waals surface area (Å²) >= 11 is 9.74. The van der Waals surface area contributed by atoms with Crippen LogP contribution in [0.1, 0.15) is 0 Å². The average molecular weight is 209 g/mol. The molecule has 0 nitrogen and oxygen atoms in total. The highest BCUT2D eigenvalue weighted by Gasteiger charge is 1.92. The molecule has 0 aliphatic heterocycles. The van der Waals surface area contributed by atoms with Gasteiger partial charge in [-0.1, -0.05) is 29.3 Å². The Morgan fingerprint density at radius 1 is 1.40 bits per heavy atom. The minimum absolute atomic E-state index is 0.771. The van der Waals surface area contributed by atoms with Crippen molar-refractivity contribution in [2.75, 3.05) is 0 Å². The Morgan fingerprint density at radius 2 is 2.20 bits per heavy atom. The van der Waals surface area contributed by atoms with E-state index >= 15 is 0 Å². The highest BCUT2D eigenvalue weighted by atomic mass is 35.5. The first-order valence-corrected chi connectivity index (χ1v) is 6.14. The number of thiol groups is 1. The van der Waals surface area contributed by atoms with Gasteiger partial charge in [0.15, 0.2) is 0 Å². The van der Waals surface area contributed by atoms with Crippen molar-refractivity contribution in [1.29, 1.82) is 0 Å². The smallest absolute Gasteiger partial charge is 0.0417 e. The number of halogens is 1. The Labute approximate surface area is 77.9 Å². The highest BCUT2D eigenvalue weighted by molar-refractivity contribution is 9.05. The Morgan fingerprint density at radius 3 is 2.80 bits per heavy atom. The summed E-state index contributed by atoms with van der Waals surface area (Å²) in [5.41, 5.74) is 0. The van der Waals surface area contributed by atoms with Gasteiger partial charge in [0, 0.05) is 9.92 Å². The van der Waals surface area contributed by atoms with Gasteiger partial charge in [0.1, 0.15) is 0 Å². The van der Waals surface area contributed by atoms with E-state index in [0.717, 1.165) is 9.92 Å². The van der Waals surface area contributed by atoms with Gasteiger partial charge in [0.2, 0.25) is 0 Å². The molecule has 0 aliphatic rings. The maximum Gasteiger partial charge on any atom is 0.0417 e. The van der Waals surface area contributed by atoms with Gasteiger partial charge in [0.05, 0.1) is 0 Å². The summed E-state index contributed by atoms with van der Waals surface area (Å²) < 4.78 is 0. The lowest BCUT2D eigenvalue weighted by atomic mass is 10.4. The van der Waals surface area contributed by atoms with Gasteiger partial charge in [-0.25, -0.2) is 0 Å². The zero-order valence-corrected chi connectivity index (χ0v) is 8.23. The van der Waals surface area contributed by atoms with Gasteiger partial charge in [0.25, 0.3) is 0 Å². The molecule has 0 saturated carbocycles. The van der Waals surface area contributed by atoms with E-state index in [1.165, 1.54) is 9.83 Å². The first-order chi connectivity index (χ1) is 4.83. The maximum atomic E-state index is 5.73. The minimum atomic E-state index is 0.771. The quantitative estimate of drug-likeness (QED) is 0.578. The predicted molar refractivity (Wildman–Crippen MR) is 53.9 cm³/mol. The van der Waals surface area contributed by atoms with Crippen molar-refractivity contribution in [1.82, 2.24) is 0 Å². The van der Waals surface area contributed by atoms with Crippen molar-refractivity contribution in [3.05, 3.63) is 29.3 Å². The van der Waals surface area contributed by atoms with Crippen LogP contribution in [-0.2, 0) is 0 Å². The molecule has 0 N–H and O–H groups in total. The first-order valence-electron chi connectivity index (χ1n) is 2.56. The van der Waals surface area contributed by atoms with Gasteiger partial charge in [-0.3, -0.25) is 0 Å². The van der Waals surface area contributed by atoms with Crippen LogP contribution in [0.2, 0.25) is 5.02 Å². The van der Waals surface area contributed by atoms with E-state index in [0.29, 0.717) is 0 Å². The van der Waals surface area contributed by atoms with Crippen LogP contribution < -0.4 is 0 Å². The Hall–Kier alpha value is 0.560. The van der Waals surface area contributed by atoms with Crippen LogP contribution >= 0.6 is 43.9 Å². The Kier molecular flexibility index (Phi) is 3.84. The van der Waals surface area contributed by atoms with Crippen molar-refractivity contribution in [2.24, 2.45) is 0 Å². The zero-order chi connectivity index (χ0) is 7.40. The predicted octanol–water partition coefficient (Wildman–Crippen LogP) is 3.93. The molecule has 54 valence electrons. The molecular weight excluding hydrogens is 204 g/mol. The molecule has 1 rings (SSSR count). The summed E-state index contributed by atoms with van der Waals surface area (Å²) in [5, 5.41) is 0.771. The molecule has 1 aromatic carbocycles. The molecule has 0 saturated heterocycles. The zero-order valence-electron chi connectivity index (χ0n) is 4.95. The summed E-state index contributed by atoms with van der Waals surface area (Å²) in [6.45, 7) is 0. The lowest BCUT2D eigenvalue weighted by Crippen LogP contribution is -1.65. The Balaban J connectivity index is 2.75. The first kappa shape index (κ1) is 8.65. The van der Waals surface area contributed by atoms with E-state index in [1.807, 2.05) is 24.3 Å². The number of rotatable bonds is 2. The maximum absolute atomic E-state index is 5.73. The molecule has 10 heavy (non-hydrogen) atoms. The normalized spacial score (nSPS) is 9.80. The van der Waals surface area contributed by atoms with E-state index in [4.69, 9.17) is 11.6 Å². The summed E-state index contributed by atoms with van der Waals surface area (Å²) in [4.78, 5) is 1.13. The lowest BCUT2D eigenvalue weighted by molar-refractivity contribution is 1.48. The van der Waals surface area contributed by atoms with Crippen LogP contribution in [-0.4, -0.2) is 0 Å². The van der Waals surface area contributed by atoms with Crippen LogP contribution in [0.3, 0.4) is 0 Å². The van der Waals surface area contributed by atoms with Gasteiger partial charge in [-0.2, -0.15) is 0 Å². The number of hydrogen-bond acceptors (Lipinski definition) is 3. The third-order valence-electron chi connectivity index (χ3n) is 0.930. The topological polar surface area (TPSA) is 0 Å². The fourth-order valence-corrected chi connectivity index (χ4v) is 2.56. The van der Waals surface area contributed by atoms with Gasteiger partial charge < -0.3 is 0 Å². The standard InChI is InChI=1S/C6H5ClS3/c7-5-2-1-3-6(4-5)9-10-8/h1-4,8H. The van der Waals surface area contributed by atoms with Crippen molar-refractivity contribution in [3.8, 4) is 0 Å². The highest BCUT2D eigenvalue weighted by Crippen LogP contribution is 2.34. The Bertz CT molecular complexity index is 214. The van der Waals surface area contributed by atoms with Crippen molar-refractivity contribution in [2.45, 2.75) is 4.90 Å². The number of hydrogen-bond donors (Lipinski definition) is 1. The van der Waals surface area contributed by atoms with Crippen LogP contribution in [0.4, 0.5) is 0 Å². The fourth-order valence-electron chi connectivity index (χ4n) is 0.562. The molecule has 0 heterocycles. The van der Waals surface area contributed by atoms with Crippen molar-refractivity contribution < 1.29 is 0 Å². The van der Waals surface area contributed by atoms with Crippen LogP contribution in [0.5, 0.6) is 0 Å². The SMILES string of the molecule is SSSc1cccc(Cl)c1. The molecule has 0 aromatic heterocycles. The summed E-state index contributed by atoms with van der Waals surface area (Å²) in [6.07, 6.45) is 0. The van der Waals surface area contributed by atoms with E-state index in [2.05, 4.69) is 11.7 Å². The summed E-state index contributed by atoms with van der Waals surface area (Å²) in [5.74, 6) is 0. The number of benzene rings is 1. The average Bonchev–Trinajstić information content (AvgIpc) is 1.88. The van der Waals surface area contributed by atoms with E-state index < -0.39 is 0 Å².